The third-order valence-electron chi connectivity index (χ3n) is 4.99. The Kier molecular flexibility index (Phi) is 5.90. The van der Waals surface area contributed by atoms with Crippen LogP contribution in [0.15, 0.2) is 53.7 Å². The molecule has 0 saturated carbocycles. The van der Waals surface area contributed by atoms with E-state index in [1.54, 1.807) is 41.3 Å². The molecule has 2 amide bonds. The molecule has 0 aliphatic carbocycles. The van der Waals surface area contributed by atoms with Crippen molar-refractivity contribution >= 4 is 35.0 Å². The van der Waals surface area contributed by atoms with Crippen LogP contribution in [0.4, 0.5) is 15.8 Å². The number of nitrogens with one attached hydrogen (secondary N) is 1. The molecule has 1 atom stereocenters. The molecule has 2 heterocycles. The number of hydrogen-bond donors (Lipinski definition) is 2. The molecule has 0 saturated heterocycles. The number of aromatic nitrogens is 3. The standard InChI is InChI=1S/C21H21FN6O2S/c1-13-10-19(29)24-16-8-4-5-9-17(16)27(13)20(30)12-31-21-26-25-18(28(21)23)11-14-6-2-3-7-15(14)22/h2-9,13H,10-12,23H2,1H3,(H,24,29). The first-order valence-corrected chi connectivity index (χ1v) is 10.7. The monoisotopic (exact) mass is 440 g/mol. The molecule has 0 radical (unpaired) electrons. The molecule has 4 rings (SSSR count). The number of fused-ring (bicyclic) bond motifs is 1. The number of halogens is 1. The Bertz CT molecular complexity index is 1130. The lowest BCUT2D eigenvalue weighted by Gasteiger charge is -2.27. The van der Waals surface area contributed by atoms with Crippen molar-refractivity contribution in [1.82, 2.24) is 14.9 Å². The number of hydrogen-bond acceptors (Lipinski definition) is 6. The first-order valence-electron chi connectivity index (χ1n) is 9.70. The highest BCUT2D eigenvalue weighted by Crippen LogP contribution is 2.32. The Morgan fingerprint density at radius 2 is 1.97 bits per heavy atom. The molecule has 8 nitrogen and oxygen atoms in total. The summed E-state index contributed by atoms with van der Waals surface area (Å²) in [7, 11) is 0. The van der Waals surface area contributed by atoms with Crippen LogP contribution in [0.25, 0.3) is 0 Å². The van der Waals surface area contributed by atoms with E-state index in [1.807, 2.05) is 13.0 Å². The van der Waals surface area contributed by atoms with E-state index < -0.39 is 0 Å². The van der Waals surface area contributed by atoms with Crippen molar-refractivity contribution in [3.05, 3.63) is 65.7 Å². The number of thioether (sulfide) groups is 1. The first-order chi connectivity index (χ1) is 14.9. The van der Waals surface area contributed by atoms with Gasteiger partial charge in [-0.1, -0.05) is 42.1 Å². The maximum absolute atomic E-state index is 13.9. The smallest absolute Gasteiger partial charge is 0.237 e. The van der Waals surface area contributed by atoms with Gasteiger partial charge in [0.1, 0.15) is 5.82 Å². The predicted molar refractivity (Wildman–Crippen MR) is 117 cm³/mol. The molecule has 31 heavy (non-hydrogen) atoms. The highest BCUT2D eigenvalue weighted by molar-refractivity contribution is 7.99. The van der Waals surface area contributed by atoms with Gasteiger partial charge in [0.05, 0.1) is 17.1 Å². The average Bonchev–Trinajstić information content (AvgIpc) is 3.01. The van der Waals surface area contributed by atoms with Crippen molar-refractivity contribution in [2.45, 2.75) is 31.0 Å². The summed E-state index contributed by atoms with van der Waals surface area (Å²) in [6.45, 7) is 1.84. The third-order valence-corrected chi connectivity index (χ3v) is 5.92. The summed E-state index contributed by atoms with van der Waals surface area (Å²) in [5.41, 5.74) is 1.71. The second-order valence-electron chi connectivity index (χ2n) is 7.21. The third kappa shape index (κ3) is 4.38. The lowest BCUT2D eigenvalue weighted by atomic mass is 10.1. The Morgan fingerprint density at radius 3 is 2.77 bits per heavy atom. The summed E-state index contributed by atoms with van der Waals surface area (Å²) >= 11 is 1.14. The van der Waals surface area contributed by atoms with E-state index in [-0.39, 0.29) is 42.3 Å². The van der Waals surface area contributed by atoms with E-state index in [9.17, 15) is 14.0 Å². The molecular formula is C21H21FN6O2S. The van der Waals surface area contributed by atoms with Gasteiger partial charge in [-0.05, 0) is 30.7 Å². The minimum absolute atomic E-state index is 0.0574. The lowest BCUT2D eigenvalue weighted by molar-refractivity contribution is -0.117. The molecule has 3 N–H and O–H groups in total. The molecule has 10 heteroatoms. The minimum atomic E-state index is -0.341. The van der Waals surface area contributed by atoms with Crippen molar-refractivity contribution in [2.75, 3.05) is 21.8 Å². The van der Waals surface area contributed by atoms with Gasteiger partial charge in [-0.3, -0.25) is 9.59 Å². The number of carbonyl (C=O) groups excluding carboxylic acids is 2. The predicted octanol–water partition coefficient (Wildman–Crippen LogP) is 2.58. The summed E-state index contributed by atoms with van der Waals surface area (Å²) in [5, 5.41) is 11.3. The number of nitrogen functional groups attached to an aromatic ring is 1. The van der Waals surface area contributed by atoms with Crippen molar-refractivity contribution < 1.29 is 14.0 Å². The Balaban J connectivity index is 1.48. The zero-order valence-electron chi connectivity index (χ0n) is 16.8. The van der Waals surface area contributed by atoms with E-state index in [2.05, 4.69) is 15.5 Å². The van der Waals surface area contributed by atoms with Gasteiger partial charge in [0, 0.05) is 18.9 Å². The summed E-state index contributed by atoms with van der Waals surface area (Å²) in [5.74, 6) is 5.87. The Labute approximate surface area is 182 Å². The second kappa shape index (κ2) is 8.76. The van der Waals surface area contributed by atoms with Crippen LogP contribution < -0.4 is 16.1 Å². The number of rotatable bonds is 5. The minimum Gasteiger partial charge on any atom is -0.336 e. The van der Waals surface area contributed by atoms with Crippen LogP contribution in [0.1, 0.15) is 24.7 Å². The number of amides is 2. The molecule has 1 aliphatic heterocycles. The van der Waals surface area contributed by atoms with Crippen molar-refractivity contribution in [3.8, 4) is 0 Å². The number of carbonyl (C=O) groups is 2. The van der Waals surface area contributed by atoms with E-state index in [0.717, 1.165) is 11.8 Å². The van der Waals surface area contributed by atoms with E-state index >= 15 is 0 Å². The molecule has 1 aromatic heterocycles. The van der Waals surface area contributed by atoms with Gasteiger partial charge < -0.3 is 16.1 Å². The molecule has 3 aromatic rings. The molecule has 160 valence electrons. The van der Waals surface area contributed by atoms with Gasteiger partial charge in [0.2, 0.25) is 17.0 Å². The van der Waals surface area contributed by atoms with Crippen LogP contribution in [-0.2, 0) is 16.0 Å². The molecule has 0 bridgehead atoms. The quantitative estimate of drug-likeness (QED) is 0.467. The lowest BCUT2D eigenvalue weighted by Crippen LogP contribution is -2.40. The van der Waals surface area contributed by atoms with Crippen LogP contribution in [0.5, 0.6) is 0 Å². The van der Waals surface area contributed by atoms with Gasteiger partial charge in [0.25, 0.3) is 0 Å². The molecule has 1 unspecified atom stereocenters. The number of nitrogens with two attached hydrogens (primary N) is 1. The number of para-hydroxylation sites is 2. The highest BCUT2D eigenvalue weighted by atomic mass is 32.2. The second-order valence-corrected chi connectivity index (χ2v) is 8.15. The maximum atomic E-state index is 13.9. The normalized spacial score (nSPS) is 15.9. The van der Waals surface area contributed by atoms with Crippen LogP contribution >= 0.6 is 11.8 Å². The Hall–Kier alpha value is -3.40. The first kappa shape index (κ1) is 20.9. The largest absolute Gasteiger partial charge is 0.336 e. The fourth-order valence-corrected chi connectivity index (χ4v) is 4.24. The van der Waals surface area contributed by atoms with Gasteiger partial charge in [0.15, 0.2) is 5.82 Å². The van der Waals surface area contributed by atoms with Crippen molar-refractivity contribution in [3.63, 3.8) is 0 Å². The molecule has 2 aromatic carbocycles. The van der Waals surface area contributed by atoms with Gasteiger partial charge >= 0.3 is 0 Å². The van der Waals surface area contributed by atoms with Gasteiger partial charge in [-0.15, -0.1) is 10.2 Å². The van der Waals surface area contributed by atoms with Gasteiger partial charge in [-0.25, -0.2) is 9.07 Å². The van der Waals surface area contributed by atoms with Crippen molar-refractivity contribution in [1.29, 1.82) is 0 Å². The van der Waals surface area contributed by atoms with Crippen LogP contribution in [0.3, 0.4) is 0 Å². The number of anilines is 2. The highest BCUT2D eigenvalue weighted by Gasteiger charge is 2.29. The summed E-state index contributed by atoms with van der Waals surface area (Å²) in [6, 6.07) is 13.3. The zero-order chi connectivity index (χ0) is 22.0. The SMILES string of the molecule is CC1CC(=O)Nc2ccccc2N1C(=O)CSc1nnc(Cc2ccccc2F)n1N. The summed E-state index contributed by atoms with van der Waals surface area (Å²) in [4.78, 5) is 26.8. The van der Waals surface area contributed by atoms with E-state index in [0.29, 0.717) is 27.9 Å². The van der Waals surface area contributed by atoms with E-state index in [4.69, 9.17) is 5.84 Å². The fraction of sp³-hybridized carbons (Fsp3) is 0.238. The van der Waals surface area contributed by atoms with Crippen LogP contribution in [-0.4, -0.2) is 38.5 Å². The molecule has 0 spiro atoms. The maximum Gasteiger partial charge on any atom is 0.237 e. The summed E-state index contributed by atoms with van der Waals surface area (Å²) in [6.07, 6.45) is 0.389. The van der Waals surface area contributed by atoms with Crippen LogP contribution in [0.2, 0.25) is 0 Å². The summed E-state index contributed by atoms with van der Waals surface area (Å²) < 4.78 is 15.2. The molecular weight excluding hydrogens is 419 g/mol. The fourth-order valence-electron chi connectivity index (χ4n) is 3.50. The number of nitrogens with zero attached hydrogens (tertiary/aromatic N) is 4. The van der Waals surface area contributed by atoms with E-state index in [1.165, 1.54) is 10.7 Å². The average molecular weight is 441 g/mol. The molecule has 0 fully saturated rings. The van der Waals surface area contributed by atoms with Crippen LogP contribution in [0, 0.1) is 5.82 Å². The molecule has 1 aliphatic rings. The van der Waals surface area contributed by atoms with Gasteiger partial charge in [-0.2, -0.15) is 0 Å². The number of benzene rings is 2. The topological polar surface area (TPSA) is 106 Å². The van der Waals surface area contributed by atoms with Crippen molar-refractivity contribution in [2.24, 2.45) is 0 Å². The Morgan fingerprint density at radius 1 is 1.23 bits per heavy atom. The zero-order valence-corrected chi connectivity index (χ0v) is 17.6.